The van der Waals surface area contributed by atoms with Crippen LogP contribution in [0.15, 0.2) is 11.6 Å². The number of ether oxygens (including phenoxy) is 1. The zero-order chi connectivity index (χ0) is 12.8. The van der Waals surface area contributed by atoms with E-state index in [4.69, 9.17) is 4.74 Å². The fourth-order valence-electron chi connectivity index (χ4n) is 3.20. The van der Waals surface area contributed by atoms with E-state index in [9.17, 15) is 4.79 Å². The van der Waals surface area contributed by atoms with Gasteiger partial charge in [-0.3, -0.25) is 4.79 Å². The average molecular weight is 236 g/mol. The summed E-state index contributed by atoms with van der Waals surface area (Å²) in [5, 5.41) is 0. The van der Waals surface area contributed by atoms with E-state index in [2.05, 4.69) is 19.9 Å². The fraction of sp³-hybridized carbons (Fsp3) is 0.800. The second kappa shape index (κ2) is 3.86. The standard InChI is InChI=1S/C15H24O2/c1-14(2,3)13(16)17-9-10-8-11-6-7-12(10)15(11,4)5/h8,11-12H,6-7,9H2,1-5H3/t11-,12+/m0/s1. The van der Waals surface area contributed by atoms with Crippen LogP contribution in [0.1, 0.15) is 47.5 Å². The molecule has 0 aromatic rings. The second-order valence-corrected chi connectivity index (χ2v) is 7.13. The van der Waals surface area contributed by atoms with E-state index in [0.29, 0.717) is 23.9 Å². The number of esters is 1. The van der Waals surface area contributed by atoms with Gasteiger partial charge in [0.05, 0.1) is 5.41 Å². The van der Waals surface area contributed by atoms with Gasteiger partial charge in [-0.25, -0.2) is 0 Å². The molecule has 0 amide bonds. The first-order chi connectivity index (χ1) is 7.73. The molecule has 2 bridgehead atoms. The maximum absolute atomic E-state index is 11.7. The van der Waals surface area contributed by atoms with Gasteiger partial charge in [0.1, 0.15) is 6.61 Å². The van der Waals surface area contributed by atoms with Crippen molar-refractivity contribution < 1.29 is 9.53 Å². The lowest BCUT2D eigenvalue weighted by Crippen LogP contribution is -2.25. The fourth-order valence-corrected chi connectivity index (χ4v) is 3.20. The van der Waals surface area contributed by atoms with Crippen molar-refractivity contribution in [2.45, 2.75) is 47.5 Å². The van der Waals surface area contributed by atoms with Gasteiger partial charge in [-0.2, -0.15) is 0 Å². The van der Waals surface area contributed by atoms with E-state index in [0.717, 1.165) is 0 Å². The molecular formula is C15H24O2. The zero-order valence-corrected chi connectivity index (χ0v) is 11.7. The molecule has 0 aliphatic heterocycles. The number of allylic oxidation sites excluding steroid dienone is 1. The molecule has 0 radical (unpaired) electrons. The van der Waals surface area contributed by atoms with Gasteiger partial charge in [-0.1, -0.05) is 19.9 Å². The number of hydrogen-bond acceptors (Lipinski definition) is 2. The molecule has 2 rings (SSSR count). The third-order valence-corrected chi connectivity index (χ3v) is 4.47. The second-order valence-electron chi connectivity index (χ2n) is 7.13. The Balaban J connectivity index is 1.95. The first-order valence-corrected chi connectivity index (χ1v) is 6.61. The summed E-state index contributed by atoms with van der Waals surface area (Å²) in [7, 11) is 0. The molecule has 0 saturated heterocycles. The Morgan fingerprint density at radius 1 is 1.41 bits per heavy atom. The van der Waals surface area contributed by atoms with E-state index in [1.165, 1.54) is 18.4 Å². The van der Waals surface area contributed by atoms with Crippen molar-refractivity contribution in [3.63, 3.8) is 0 Å². The van der Waals surface area contributed by atoms with Crippen molar-refractivity contribution in [2.75, 3.05) is 6.61 Å². The highest BCUT2D eigenvalue weighted by molar-refractivity contribution is 5.75. The molecule has 0 aromatic heterocycles. The third kappa shape index (κ3) is 2.14. The van der Waals surface area contributed by atoms with Crippen LogP contribution in [0.5, 0.6) is 0 Å². The molecular weight excluding hydrogens is 212 g/mol. The molecule has 96 valence electrons. The molecule has 0 N–H and O–H groups in total. The summed E-state index contributed by atoms with van der Waals surface area (Å²) >= 11 is 0. The number of hydrogen-bond donors (Lipinski definition) is 0. The minimum atomic E-state index is -0.395. The van der Waals surface area contributed by atoms with Crippen LogP contribution < -0.4 is 0 Å². The Bertz CT molecular complexity index is 358. The number of carbonyl (C=O) groups excluding carboxylic acids is 1. The van der Waals surface area contributed by atoms with Crippen molar-refractivity contribution in [1.29, 1.82) is 0 Å². The minimum absolute atomic E-state index is 0.0982. The van der Waals surface area contributed by atoms with Crippen molar-refractivity contribution in [2.24, 2.45) is 22.7 Å². The van der Waals surface area contributed by atoms with E-state index < -0.39 is 5.41 Å². The maximum atomic E-state index is 11.7. The molecule has 2 aliphatic carbocycles. The van der Waals surface area contributed by atoms with E-state index in [-0.39, 0.29) is 5.97 Å². The molecule has 1 fully saturated rings. The van der Waals surface area contributed by atoms with Gasteiger partial charge in [0.25, 0.3) is 0 Å². The lowest BCUT2D eigenvalue weighted by atomic mass is 9.79. The summed E-state index contributed by atoms with van der Waals surface area (Å²) in [6, 6.07) is 0. The van der Waals surface area contributed by atoms with Gasteiger partial charge in [0.2, 0.25) is 0 Å². The largest absolute Gasteiger partial charge is 0.461 e. The quantitative estimate of drug-likeness (QED) is 0.541. The average Bonchev–Trinajstić information content (AvgIpc) is 2.62. The summed E-state index contributed by atoms with van der Waals surface area (Å²) in [4.78, 5) is 11.7. The molecule has 2 nitrogen and oxygen atoms in total. The zero-order valence-electron chi connectivity index (χ0n) is 11.7. The third-order valence-electron chi connectivity index (χ3n) is 4.47. The van der Waals surface area contributed by atoms with Crippen LogP contribution in [-0.4, -0.2) is 12.6 Å². The molecule has 2 atom stereocenters. The normalized spacial score (nSPS) is 30.3. The predicted molar refractivity (Wildman–Crippen MR) is 68.5 cm³/mol. The van der Waals surface area contributed by atoms with Crippen LogP contribution in [0.3, 0.4) is 0 Å². The van der Waals surface area contributed by atoms with Crippen LogP contribution in [0, 0.1) is 22.7 Å². The SMILES string of the molecule is CC(C)(C)C(=O)OCC1=C[C@@H]2CC[C@H]1C2(C)C. The van der Waals surface area contributed by atoms with Gasteiger partial charge in [0, 0.05) is 0 Å². The van der Waals surface area contributed by atoms with Crippen molar-refractivity contribution in [3.8, 4) is 0 Å². The van der Waals surface area contributed by atoms with Crippen LogP contribution in [-0.2, 0) is 9.53 Å². The van der Waals surface area contributed by atoms with Crippen molar-refractivity contribution >= 4 is 5.97 Å². The Morgan fingerprint density at radius 2 is 2.06 bits per heavy atom. The minimum Gasteiger partial charge on any atom is -0.461 e. The predicted octanol–water partition coefficient (Wildman–Crippen LogP) is 3.57. The molecule has 2 heteroatoms. The smallest absolute Gasteiger partial charge is 0.311 e. The van der Waals surface area contributed by atoms with Crippen molar-refractivity contribution in [3.05, 3.63) is 11.6 Å². The number of carbonyl (C=O) groups is 1. The van der Waals surface area contributed by atoms with Gasteiger partial charge in [-0.15, -0.1) is 0 Å². The summed E-state index contributed by atoms with van der Waals surface area (Å²) in [5.41, 5.74) is 1.33. The summed E-state index contributed by atoms with van der Waals surface area (Å²) < 4.78 is 5.43. The topological polar surface area (TPSA) is 26.3 Å². The summed E-state index contributed by atoms with van der Waals surface area (Å²) in [6.45, 7) is 10.9. The molecule has 0 heterocycles. The van der Waals surface area contributed by atoms with Crippen LogP contribution in [0.25, 0.3) is 0 Å². The van der Waals surface area contributed by atoms with Crippen LogP contribution >= 0.6 is 0 Å². The highest BCUT2D eigenvalue weighted by Gasteiger charge is 2.48. The van der Waals surface area contributed by atoms with E-state index in [1.807, 2.05) is 20.8 Å². The Labute approximate surface area is 104 Å². The maximum Gasteiger partial charge on any atom is 0.311 e. The highest BCUT2D eigenvalue weighted by Crippen LogP contribution is 2.56. The first-order valence-electron chi connectivity index (χ1n) is 6.61. The first kappa shape index (κ1) is 12.7. The lowest BCUT2D eigenvalue weighted by molar-refractivity contribution is -0.152. The number of fused-ring (bicyclic) bond motifs is 2. The molecule has 1 saturated carbocycles. The molecule has 0 spiro atoms. The number of rotatable bonds is 2. The van der Waals surface area contributed by atoms with Gasteiger partial charge >= 0.3 is 5.97 Å². The van der Waals surface area contributed by atoms with Gasteiger partial charge < -0.3 is 4.74 Å². The summed E-state index contributed by atoms with van der Waals surface area (Å²) in [5.74, 6) is 1.22. The van der Waals surface area contributed by atoms with Crippen LogP contribution in [0.4, 0.5) is 0 Å². The Morgan fingerprint density at radius 3 is 2.47 bits per heavy atom. The molecule has 0 aromatic carbocycles. The van der Waals surface area contributed by atoms with E-state index in [1.54, 1.807) is 0 Å². The monoisotopic (exact) mass is 236 g/mol. The molecule has 17 heavy (non-hydrogen) atoms. The highest BCUT2D eigenvalue weighted by atomic mass is 16.5. The Kier molecular flexibility index (Phi) is 2.87. The van der Waals surface area contributed by atoms with Gasteiger partial charge in [0.15, 0.2) is 0 Å². The van der Waals surface area contributed by atoms with Gasteiger partial charge in [-0.05, 0) is 56.4 Å². The lowest BCUT2D eigenvalue weighted by Gasteiger charge is -2.26. The van der Waals surface area contributed by atoms with Crippen LogP contribution in [0.2, 0.25) is 0 Å². The summed E-state index contributed by atoms with van der Waals surface area (Å²) in [6.07, 6.45) is 4.91. The molecule has 0 unspecified atom stereocenters. The van der Waals surface area contributed by atoms with E-state index >= 15 is 0 Å². The molecule has 2 aliphatic rings. The Hall–Kier alpha value is -0.790. The van der Waals surface area contributed by atoms with Crippen molar-refractivity contribution in [1.82, 2.24) is 0 Å².